The quantitative estimate of drug-likeness (QED) is 0.204. The molecule has 0 atom stereocenters. The van der Waals surface area contributed by atoms with Crippen LogP contribution in [0.4, 0.5) is 17.1 Å². The molecule has 0 bridgehead atoms. The molecule has 0 aliphatic rings. The highest BCUT2D eigenvalue weighted by molar-refractivity contribution is 5.89. The molecule has 0 fully saturated rings. The largest absolute Gasteiger partial charge is 0.436 e. The lowest BCUT2D eigenvalue weighted by atomic mass is 10.0. The van der Waals surface area contributed by atoms with Gasteiger partial charge in [-0.05, 0) is 71.8 Å². The Bertz CT molecular complexity index is 2050. The Balaban J connectivity index is 1.24. The van der Waals surface area contributed by atoms with E-state index in [0.717, 1.165) is 56.0 Å². The molecule has 0 saturated heterocycles. The van der Waals surface area contributed by atoms with Gasteiger partial charge >= 0.3 is 0 Å². The average Bonchev–Trinajstić information content (AvgIpc) is 3.71. The molecule has 2 heterocycles. The van der Waals surface area contributed by atoms with Gasteiger partial charge in [0.05, 0.1) is 0 Å². The third-order valence-electron chi connectivity index (χ3n) is 7.53. The van der Waals surface area contributed by atoms with Gasteiger partial charge in [-0.15, -0.1) is 0 Å². The van der Waals surface area contributed by atoms with E-state index in [4.69, 9.17) is 18.8 Å². The number of rotatable bonds is 6. The molecular formula is C38H25N3O2. The summed E-state index contributed by atoms with van der Waals surface area (Å²) in [5.41, 5.74) is 10.1. The summed E-state index contributed by atoms with van der Waals surface area (Å²) in [7, 11) is 0. The van der Waals surface area contributed by atoms with E-state index in [1.807, 2.05) is 91.0 Å². The molecule has 0 N–H and O–H groups in total. The second-order valence-electron chi connectivity index (χ2n) is 10.3. The Morgan fingerprint density at radius 3 is 1.23 bits per heavy atom. The lowest BCUT2D eigenvalue weighted by Gasteiger charge is -2.25. The number of hydrogen-bond donors (Lipinski definition) is 0. The van der Waals surface area contributed by atoms with Gasteiger partial charge in [0.15, 0.2) is 11.2 Å². The molecular weight excluding hydrogens is 530 g/mol. The highest BCUT2D eigenvalue weighted by Gasteiger charge is 2.18. The van der Waals surface area contributed by atoms with Crippen LogP contribution in [0.15, 0.2) is 160 Å². The zero-order valence-electron chi connectivity index (χ0n) is 23.1. The van der Waals surface area contributed by atoms with Gasteiger partial charge in [-0.2, -0.15) is 0 Å². The molecule has 0 unspecified atom stereocenters. The number of aromatic nitrogens is 2. The molecule has 8 rings (SSSR count). The predicted molar refractivity (Wildman–Crippen MR) is 173 cm³/mol. The summed E-state index contributed by atoms with van der Waals surface area (Å²) in [5, 5.41) is 0. The Morgan fingerprint density at radius 2 is 0.767 bits per heavy atom. The summed E-state index contributed by atoms with van der Waals surface area (Å²) in [6.45, 7) is 0. The first-order valence-electron chi connectivity index (χ1n) is 14.2. The Kier molecular flexibility index (Phi) is 6.05. The van der Waals surface area contributed by atoms with Crippen molar-refractivity contribution in [1.29, 1.82) is 0 Å². The molecule has 0 aliphatic heterocycles. The average molecular weight is 556 g/mol. The van der Waals surface area contributed by atoms with E-state index in [9.17, 15) is 0 Å². The zero-order chi connectivity index (χ0) is 28.6. The third kappa shape index (κ3) is 4.73. The van der Waals surface area contributed by atoms with Crippen molar-refractivity contribution in [2.45, 2.75) is 0 Å². The van der Waals surface area contributed by atoms with Gasteiger partial charge in [0, 0.05) is 40.3 Å². The minimum absolute atomic E-state index is 0.600. The van der Waals surface area contributed by atoms with E-state index in [2.05, 4.69) is 65.6 Å². The van der Waals surface area contributed by atoms with Gasteiger partial charge in [0.25, 0.3) is 0 Å². The number of anilines is 3. The fourth-order valence-electron chi connectivity index (χ4n) is 5.39. The maximum Gasteiger partial charge on any atom is 0.227 e. The van der Waals surface area contributed by atoms with Crippen LogP contribution in [0.25, 0.3) is 56.2 Å². The van der Waals surface area contributed by atoms with Crippen molar-refractivity contribution in [2.75, 3.05) is 4.90 Å². The Hall–Kier alpha value is -5.94. The maximum absolute atomic E-state index is 6.25. The zero-order valence-corrected chi connectivity index (χ0v) is 23.1. The van der Waals surface area contributed by atoms with Crippen molar-refractivity contribution in [3.63, 3.8) is 0 Å². The van der Waals surface area contributed by atoms with Gasteiger partial charge in [0.1, 0.15) is 11.0 Å². The number of nitrogens with zero attached hydrogens (tertiary/aromatic N) is 3. The first-order chi connectivity index (χ1) is 21.3. The fraction of sp³-hybridized carbons (Fsp3) is 0. The SMILES string of the molecule is c1ccc(-c2ccc(N(c3ccc4nc(-c5ccccc5)oc4c3)c3ccc4nc(-c5ccccc5)oc4c3)cc2)cc1. The van der Waals surface area contributed by atoms with Crippen molar-refractivity contribution >= 4 is 39.3 Å². The molecule has 204 valence electrons. The molecule has 43 heavy (non-hydrogen) atoms. The second-order valence-corrected chi connectivity index (χ2v) is 10.3. The third-order valence-corrected chi connectivity index (χ3v) is 7.53. The van der Waals surface area contributed by atoms with E-state index in [1.165, 1.54) is 5.56 Å². The van der Waals surface area contributed by atoms with Crippen LogP contribution in [0.5, 0.6) is 0 Å². The summed E-state index contributed by atoms with van der Waals surface area (Å²) in [6.07, 6.45) is 0. The first kappa shape index (κ1) is 24.8. The topological polar surface area (TPSA) is 55.3 Å². The molecule has 0 amide bonds. The van der Waals surface area contributed by atoms with Crippen LogP contribution in [0, 0.1) is 0 Å². The molecule has 0 aliphatic carbocycles. The second kappa shape index (κ2) is 10.5. The highest BCUT2D eigenvalue weighted by atomic mass is 16.4. The minimum atomic E-state index is 0.600. The molecule has 5 nitrogen and oxygen atoms in total. The smallest absolute Gasteiger partial charge is 0.227 e. The Labute approximate surface area is 248 Å². The van der Waals surface area contributed by atoms with Gasteiger partial charge < -0.3 is 13.7 Å². The monoisotopic (exact) mass is 555 g/mol. The molecule has 2 aromatic heterocycles. The van der Waals surface area contributed by atoms with Crippen LogP contribution >= 0.6 is 0 Å². The van der Waals surface area contributed by atoms with Crippen molar-refractivity contribution in [3.8, 4) is 34.0 Å². The van der Waals surface area contributed by atoms with Crippen molar-refractivity contribution < 1.29 is 8.83 Å². The van der Waals surface area contributed by atoms with Gasteiger partial charge in [0.2, 0.25) is 11.8 Å². The molecule has 5 heteroatoms. The molecule has 0 saturated carbocycles. The lowest BCUT2D eigenvalue weighted by molar-refractivity contribution is 0.620. The standard InChI is InChI=1S/C38H25N3O2/c1-4-10-26(11-5-1)27-16-18-30(19-17-27)41(31-20-22-33-35(24-31)42-37(39-33)28-12-6-2-7-13-28)32-21-23-34-36(25-32)43-38(40-34)29-14-8-3-9-15-29/h1-25H. The molecule has 0 radical (unpaired) electrons. The number of fused-ring (bicyclic) bond motifs is 2. The summed E-state index contributed by atoms with van der Waals surface area (Å²) >= 11 is 0. The van der Waals surface area contributed by atoms with Gasteiger partial charge in [-0.25, -0.2) is 9.97 Å². The van der Waals surface area contributed by atoms with E-state index < -0.39 is 0 Å². The van der Waals surface area contributed by atoms with Crippen molar-refractivity contribution in [2.24, 2.45) is 0 Å². The van der Waals surface area contributed by atoms with Crippen LogP contribution in [0.2, 0.25) is 0 Å². The maximum atomic E-state index is 6.25. The van der Waals surface area contributed by atoms with Gasteiger partial charge in [-0.3, -0.25) is 0 Å². The number of hydrogen-bond acceptors (Lipinski definition) is 5. The Morgan fingerprint density at radius 1 is 0.372 bits per heavy atom. The first-order valence-corrected chi connectivity index (χ1v) is 14.2. The molecule has 6 aromatic carbocycles. The van der Waals surface area contributed by atoms with E-state index in [1.54, 1.807) is 0 Å². The summed E-state index contributed by atoms with van der Waals surface area (Å²) in [4.78, 5) is 11.7. The number of benzene rings is 6. The highest BCUT2D eigenvalue weighted by Crippen LogP contribution is 2.39. The minimum Gasteiger partial charge on any atom is -0.436 e. The van der Waals surface area contributed by atoms with Crippen LogP contribution in [-0.4, -0.2) is 9.97 Å². The summed E-state index contributed by atoms with van der Waals surface area (Å²) in [5.74, 6) is 1.20. The molecule has 8 aromatic rings. The van der Waals surface area contributed by atoms with Crippen LogP contribution in [0.3, 0.4) is 0 Å². The molecule has 0 spiro atoms. The van der Waals surface area contributed by atoms with Crippen molar-refractivity contribution in [3.05, 3.63) is 152 Å². The van der Waals surface area contributed by atoms with E-state index >= 15 is 0 Å². The van der Waals surface area contributed by atoms with Crippen molar-refractivity contribution in [1.82, 2.24) is 9.97 Å². The van der Waals surface area contributed by atoms with Crippen LogP contribution in [0.1, 0.15) is 0 Å². The lowest BCUT2D eigenvalue weighted by Crippen LogP contribution is -2.09. The predicted octanol–water partition coefficient (Wildman–Crippen LogP) is 10.4. The fourth-order valence-corrected chi connectivity index (χ4v) is 5.39. The van der Waals surface area contributed by atoms with E-state index in [0.29, 0.717) is 11.8 Å². The van der Waals surface area contributed by atoms with Gasteiger partial charge in [-0.1, -0.05) is 78.9 Å². The summed E-state index contributed by atoms with van der Waals surface area (Å²) in [6, 6.07) is 51.1. The number of oxazole rings is 2. The van der Waals surface area contributed by atoms with E-state index in [-0.39, 0.29) is 0 Å². The van der Waals surface area contributed by atoms with Crippen LogP contribution in [-0.2, 0) is 0 Å². The normalized spacial score (nSPS) is 11.3. The van der Waals surface area contributed by atoms with Crippen LogP contribution < -0.4 is 4.90 Å². The summed E-state index contributed by atoms with van der Waals surface area (Å²) < 4.78 is 12.5.